The highest BCUT2D eigenvalue weighted by molar-refractivity contribution is 5.20. The quantitative estimate of drug-likeness (QED) is 0.874. The van der Waals surface area contributed by atoms with E-state index in [1.54, 1.807) is 12.3 Å². The predicted octanol–water partition coefficient (Wildman–Crippen LogP) is 0.871. The fraction of sp³-hybridized carbons (Fsp3) is 0.643. The van der Waals surface area contributed by atoms with Crippen LogP contribution in [0.1, 0.15) is 18.5 Å². The van der Waals surface area contributed by atoms with Gasteiger partial charge in [0.15, 0.2) is 0 Å². The molecule has 0 amide bonds. The zero-order chi connectivity index (χ0) is 13.2. The minimum Gasteiger partial charge on any atom is -0.309 e. The maximum Gasteiger partial charge on any atom is 0.146 e. The van der Waals surface area contributed by atoms with Crippen molar-refractivity contribution in [1.29, 1.82) is 0 Å². The number of halogens is 1. The molecule has 2 bridgehead atoms. The van der Waals surface area contributed by atoms with Gasteiger partial charge in [-0.15, -0.1) is 0 Å². The van der Waals surface area contributed by atoms with Crippen molar-refractivity contribution in [1.82, 2.24) is 20.1 Å². The van der Waals surface area contributed by atoms with Crippen LogP contribution in [0.2, 0.25) is 0 Å². The van der Waals surface area contributed by atoms with Crippen LogP contribution < -0.4 is 5.32 Å². The number of hydrogen-bond acceptors (Lipinski definition) is 4. The summed E-state index contributed by atoms with van der Waals surface area (Å²) in [6.45, 7) is 8.43. The SMILES string of the molecule is CCNC(c1ccncc1F)C1CN2CCN1CC2. The number of nitrogens with zero attached hydrogens (tertiary/aromatic N) is 3. The summed E-state index contributed by atoms with van der Waals surface area (Å²) in [7, 11) is 0. The number of piperazine rings is 3. The molecule has 4 nitrogen and oxygen atoms in total. The molecular formula is C14H21FN4. The summed E-state index contributed by atoms with van der Waals surface area (Å²) in [4.78, 5) is 8.83. The van der Waals surface area contributed by atoms with E-state index < -0.39 is 0 Å². The average Bonchev–Trinajstić information content (AvgIpc) is 2.47. The first-order valence-electron chi connectivity index (χ1n) is 7.08. The second kappa shape index (κ2) is 5.53. The van der Waals surface area contributed by atoms with E-state index in [2.05, 4.69) is 27.0 Å². The molecule has 0 aromatic carbocycles. The van der Waals surface area contributed by atoms with E-state index in [0.29, 0.717) is 6.04 Å². The highest BCUT2D eigenvalue weighted by atomic mass is 19.1. The Balaban J connectivity index is 1.87. The van der Waals surface area contributed by atoms with Crippen molar-refractivity contribution < 1.29 is 4.39 Å². The van der Waals surface area contributed by atoms with Crippen LogP contribution in [0, 0.1) is 5.82 Å². The molecule has 104 valence electrons. The fourth-order valence-corrected chi connectivity index (χ4v) is 3.29. The lowest BCUT2D eigenvalue weighted by atomic mass is 9.94. The third kappa shape index (κ3) is 2.50. The van der Waals surface area contributed by atoms with Crippen molar-refractivity contribution in [3.05, 3.63) is 29.8 Å². The van der Waals surface area contributed by atoms with Gasteiger partial charge in [-0.1, -0.05) is 6.92 Å². The lowest BCUT2D eigenvalue weighted by Gasteiger charge is -2.50. The van der Waals surface area contributed by atoms with Crippen LogP contribution in [-0.2, 0) is 0 Å². The van der Waals surface area contributed by atoms with Crippen molar-refractivity contribution in [3.8, 4) is 0 Å². The lowest BCUT2D eigenvalue weighted by molar-refractivity contribution is -0.00394. The van der Waals surface area contributed by atoms with E-state index in [0.717, 1.165) is 44.8 Å². The molecule has 5 heteroatoms. The van der Waals surface area contributed by atoms with Gasteiger partial charge in [0, 0.05) is 50.5 Å². The van der Waals surface area contributed by atoms with Crippen LogP contribution in [0.3, 0.4) is 0 Å². The van der Waals surface area contributed by atoms with Gasteiger partial charge in [0.05, 0.1) is 12.2 Å². The minimum atomic E-state index is -0.203. The van der Waals surface area contributed by atoms with E-state index in [4.69, 9.17) is 0 Å². The molecule has 2 unspecified atom stereocenters. The maximum absolute atomic E-state index is 14.0. The van der Waals surface area contributed by atoms with Crippen LogP contribution in [-0.4, -0.2) is 60.1 Å². The molecule has 4 heterocycles. The third-order valence-electron chi connectivity index (χ3n) is 4.27. The molecule has 3 aliphatic rings. The predicted molar refractivity (Wildman–Crippen MR) is 72.4 cm³/mol. The van der Waals surface area contributed by atoms with Crippen LogP contribution in [0.5, 0.6) is 0 Å². The maximum atomic E-state index is 14.0. The zero-order valence-electron chi connectivity index (χ0n) is 11.3. The van der Waals surface area contributed by atoms with Crippen molar-refractivity contribution in [2.24, 2.45) is 0 Å². The Morgan fingerprint density at radius 1 is 1.42 bits per heavy atom. The van der Waals surface area contributed by atoms with Crippen LogP contribution >= 0.6 is 0 Å². The fourth-order valence-electron chi connectivity index (χ4n) is 3.29. The highest BCUT2D eigenvalue weighted by Crippen LogP contribution is 2.28. The molecule has 19 heavy (non-hydrogen) atoms. The molecule has 0 saturated carbocycles. The number of nitrogens with one attached hydrogen (secondary N) is 1. The van der Waals surface area contributed by atoms with E-state index in [-0.39, 0.29) is 11.9 Å². The molecule has 2 atom stereocenters. The topological polar surface area (TPSA) is 31.4 Å². The Morgan fingerprint density at radius 2 is 2.21 bits per heavy atom. The van der Waals surface area contributed by atoms with Crippen molar-refractivity contribution >= 4 is 0 Å². The zero-order valence-corrected chi connectivity index (χ0v) is 11.3. The second-order valence-electron chi connectivity index (χ2n) is 5.34. The summed E-state index contributed by atoms with van der Waals surface area (Å²) in [6.07, 6.45) is 3.00. The Morgan fingerprint density at radius 3 is 2.79 bits per heavy atom. The molecule has 1 aromatic rings. The van der Waals surface area contributed by atoms with Crippen molar-refractivity contribution in [2.45, 2.75) is 19.0 Å². The van der Waals surface area contributed by atoms with Gasteiger partial charge in [0.25, 0.3) is 0 Å². The first-order valence-corrected chi connectivity index (χ1v) is 7.08. The van der Waals surface area contributed by atoms with E-state index in [9.17, 15) is 4.39 Å². The van der Waals surface area contributed by atoms with Crippen molar-refractivity contribution in [3.63, 3.8) is 0 Å². The second-order valence-corrected chi connectivity index (χ2v) is 5.34. The lowest BCUT2D eigenvalue weighted by Crippen LogP contribution is -2.64. The highest BCUT2D eigenvalue weighted by Gasteiger charge is 2.37. The third-order valence-corrected chi connectivity index (χ3v) is 4.27. The van der Waals surface area contributed by atoms with Gasteiger partial charge in [-0.3, -0.25) is 14.8 Å². The number of pyridine rings is 1. The number of likely N-dealkylation sites (N-methyl/N-ethyl adjacent to an activating group) is 1. The van der Waals surface area contributed by atoms with Gasteiger partial charge < -0.3 is 5.32 Å². The minimum absolute atomic E-state index is 0.0519. The smallest absolute Gasteiger partial charge is 0.146 e. The Kier molecular flexibility index (Phi) is 3.77. The number of hydrogen-bond donors (Lipinski definition) is 1. The van der Waals surface area contributed by atoms with Gasteiger partial charge >= 0.3 is 0 Å². The molecule has 1 aromatic heterocycles. The van der Waals surface area contributed by atoms with Gasteiger partial charge in [-0.05, 0) is 12.6 Å². The average molecular weight is 264 g/mol. The molecule has 0 radical (unpaired) electrons. The van der Waals surface area contributed by atoms with Crippen molar-refractivity contribution in [2.75, 3.05) is 39.3 Å². The molecule has 0 aliphatic carbocycles. The first-order chi connectivity index (χ1) is 9.29. The monoisotopic (exact) mass is 264 g/mol. The first kappa shape index (κ1) is 13.0. The largest absolute Gasteiger partial charge is 0.309 e. The van der Waals surface area contributed by atoms with Crippen LogP contribution in [0.4, 0.5) is 4.39 Å². The van der Waals surface area contributed by atoms with E-state index >= 15 is 0 Å². The number of aromatic nitrogens is 1. The summed E-state index contributed by atoms with van der Waals surface area (Å²) in [6, 6.07) is 2.22. The van der Waals surface area contributed by atoms with Gasteiger partial charge in [0.2, 0.25) is 0 Å². The van der Waals surface area contributed by atoms with Crippen LogP contribution in [0.25, 0.3) is 0 Å². The number of fused-ring (bicyclic) bond motifs is 3. The molecular weight excluding hydrogens is 243 g/mol. The normalized spacial score (nSPS) is 31.4. The van der Waals surface area contributed by atoms with Gasteiger partial charge in [-0.25, -0.2) is 4.39 Å². The summed E-state index contributed by atoms with van der Waals surface area (Å²) >= 11 is 0. The molecule has 4 rings (SSSR count). The van der Waals surface area contributed by atoms with E-state index in [1.807, 2.05) is 0 Å². The summed E-state index contributed by atoms with van der Waals surface area (Å²) in [5.74, 6) is -0.203. The molecule has 3 fully saturated rings. The van der Waals surface area contributed by atoms with E-state index in [1.165, 1.54) is 6.20 Å². The molecule has 0 spiro atoms. The van der Waals surface area contributed by atoms with Gasteiger partial charge in [-0.2, -0.15) is 0 Å². The molecule has 3 aliphatic heterocycles. The Bertz CT molecular complexity index is 431. The number of rotatable bonds is 4. The summed E-state index contributed by atoms with van der Waals surface area (Å²) < 4.78 is 14.0. The standard InChI is InChI=1S/C14H21FN4/c1-2-17-14(11-3-4-16-9-12(11)15)13-10-18-5-7-19(13)8-6-18/h3-4,9,13-14,17H,2,5-8,10H2,1H3. The summed E-state index contributed by atoms with van der Waals surface area (Å²) in [5.41, 5.74) is 0.746. The van der Waals surface area contributed by atoms with Gasteiger partial charge in [0.1, 0.15) is 5.82 Å². The molecule has 3 saturated heterocycles. The summed E-state index contributed by atoms with van der Waals surface area (Å²) in [5, 5.41) is 3.46. The molecule has 1 N–H and O–H groups in total. The van der Waals surface area contributed by atoms with Crippen LogP contribution in [0.15, 0.2) is 18.5 Å². The Hall–Kier alpha value is -1.04. The Labute approximate surface area is 113 Å².